The van der Waals surface area contributed by atoms with Crippen molar-refractivity contribution in [2.24, 2.45) is 0 Å². The molecule has 2 heteroatoms. The third kappa shape index (κ3) is 4.12. The molecule has 0 N–H and O–H groups in total. The normalized spacial score (nSPS) is 14.1. The van der Waals surface area contributed by atoms with Crippen LogP contribution in [0.25, 0.3) is 72.9 Å². The molecule has 8 rings (SSSR count). The minimum Gasteiger partial charge on any atom is -0.309 e. The van der Waals surface area contributed by atoms with Crippen LogP contribution in [0.1, 0.15) is 25.3 Å². The van der Waals surface area contributed by atoms with Crippen LogP contribution in [0.3, 0.4) is 0 Å². The van der Waals surface area contributed by atoms with Crippen LogP contribution in [0.4, 0.5) is 0 Å². The summed E-state index contributed by atoms with van der Waals surface area (Å²) in [6.07, 6.45) is 8.12. The highest BCUT2D eigenvalue weighted by Gasteiger charge is 2.18. The van der Waals surface area contributed by atoms with Gasteiger partial charge in [0.15, 0.2) is 0 Å². The molecular weight excluding hydrogens is 532 g/mol. The summed E-state index contributed by atoms with van der Waals surface area (Å²) in [6.45, 7) is 6.12. The van der Waals surface area contributed by atoms with Crippen LogP contribution in [0, 0.1) is 0 Å². The highest BCUT2D eigenvalue weighted by molar-refractivity contribution is 6.10. The van der Waals surface area contributed by atoms with E-state index in [1.165, 1.54) is 76.9 Å². The molecular formula is C42H32N2. The molecule has 0 aliphatic heterocycles. The zero-order valence-corrected chi connectivity index (χ0v) is 24.8. The molecule has 210 valence electrons. The molecule has 5 aromatic carbocycles. The summed E-state index contributed by atoms with van der Waals surface area (Å²) >= 11 is 0. The average Bonchev–Trinajstić information content (AvgIpc) is 3.77. The molecule has 0 atom stereocenters. The molecule has 0 spiro atoms. The Balaban J connectivity index is 1.31. The van der Waals surface area contributed by atoms with Crippen LogP contribution in [0.15, 0.2) is 140 Å². The zero-order chi connectivity index (χ0) is 29.6. The maximum absolute atomic E-state index is 4.01. The Morgan fingerprint density at radius 3 is 2.11 bits per heavy atom. The molecule has 0 bridgehead atoms. The summed E-state index contributed by atoms with van der Waals surface area (Å²) in [6, 6.07) is 43.8. The van der Waals surface area contributed by atoms with Gasteiger partial charge in [-0.3, -0.25) is 0 Å². The molecule has 0 unspecified atom stereocenters. The first kappa shape index (κ1) is 26.1. The van der Waals surface area contributed by atoms with Crippen LogP contribution in [-0.4, -0.2) is 9.13 Å². The fraction of sp³-hybridized carbons (Fsp3) is 0.0714. The summed E-state index contributed by atoms with van der Waals surface area (Å²) in [5.41, 5.74) is 14.8. The molecule has 0 saturated carbocycles. The first-order valence-electron chi connectivity index (χ1n) is 15.3. The van der Waals surface area contributed by atoms with Crippen molar-refractivity contribution in [3.63, 3.8) is 0 Å². The minimum atomic E-state index is 0.946. The molecule has 0 amide bonds. The van der Waals surface area contributed by atoms with Crippen LogP contribution in [0.2, 0.25) is 0 Å². The summed E-state index contributed by atoms with van der Waals surface area (Å²) in [5.74, 6) is 0. The van der Waals surface area contributed by atoms with E-state index in [-0.39, 0.29) is 0 Å². The number of aromatic nitrogens is 2. The van der Waals surface area contributed by atoms with E-state index >= 15 is 0 Å². The van der Waals surface area contributed by atoms with Crippen LogP contribution in [0.5, 0.6) is 0 Å². The van der Waals surface area contributed by atoms with Gasteiger partial charge >= 0.3 is 0 Å². The molecule has 0 fully saturated rings. The highest BCUT2D eigenvalue weighted by Crippen LogP contribution is 2.37. The van der Waals surface area contributed by atoms with E-state index < -0.39 is 0 Å². The number of nitrogens with zero attached hydrogens (tertiary/aromatic N) is 2. The van der Waals surface area contributed by atoms with Crippen molar-refractivity contribution < 1.29 is 0 Å². The van der Waals surface area contributed by atoms with Gasteiger partial charge in [-0.2, -0.15) is 0 Å². The van der Waals surface area contributed by atoms with Gasteiger partial charge in [0.1, 0.15) is 0 Å². The topological polar surface area (TPSA) is 9.86 Å². The minimum absolute atomic E-state index is 0.946. The summed E-state index contributed by atoms with van der Waals surface area (Å²) in [4.78, 5) is 0. The first-order valence-corrected chi connectivity index (χ1v) is 15.3. The van der Waals surface area contributed by atoms with E-state index in [1.807, 2.05) is 6.08 Å². The van der Waals surface area contributed by atoms with Crippen molar-refractivity contribution in [1.82, 2.24) is 9.13 Å². The Bertz CT molecular complexity index is 2440. The van der Waals surface area contributed by atoms with E-state index in [9.17, 15) is 0 Å². The maximum atomic E-state index is 4.01. The second kappa shape index (κ2) is 10.6. The van der Waals surface area contributed by atoms with Gasteiger partial charge in [-0.25, -0.2) is 0 Å². The number of allylic oxidation sites excluding steroid dienone is 2. The van der Waals surface area contributed by atoms with Crippen LogP contribution < -0.4 is 10.6 Å². The fourth-order valence-corrected chi connectivity index (χ4v) is 6.98. The Hall–Kier alpha value is -5.56. The number of fused-ring (bicyclic) bond motifs is 4. The number of rotatable bonds is 5. The molecule has 2 aromatic heterocycles. The van der Waals surface area contributed by atoms with Crippen LogP contribution >= 0.6 is 0 Å². The standard InChI is InChI=1S/C42H32N2/c1-3-13-39-35(4-2)36-18-8-10-20-40(36)44(39)34-24-22-31(27-34)32-23-25-42-38(28-32)37-19-9-11-21-41(37)43(42)33-17-12-16-30(26-33)29-14-6-5-7-15-29/h3-21,23,25-26,28H,1,22,24H2,2H3/b35-4-,39-13+. The van der Waals surface area contributed by atoms with E-state index in [2.05, 4.69) is 162 Å². The Morgan fingerprint density at radius 2 is 1.32 bits per heavy atom. The van der Waals surface area contributed by atoms with Crippen molar-refractivity contribution in [3.05, 3.63) is 156 Å². The monoisotopic (exact) mass is 564 g/mol. The smallest absolute Gasteiger partial charge is 0.0662 e. The van der Waals surface area contributed by atoms with Gasteiger partial charge in [-0.1, -0.05) is 109 Å². The highest BCUT2D eigenvalue weighted by atomic mass is 15.0. The van der Waals surface area contributed by atoms with E-state index in [4.69, 9.17) is 0 Å². The summed E-state index contributed by atoms with van der Waals surface area (Å²) in [5, 5.41) is 6.20. The predicted molar refractivity (Wildman–Crippen MR) is 188 cm³/mol. The van der Waals surface area contributed by atoms with Crippen molar-refractivity contribution in [3.8, 4) is 16.8 Å². The Labute approximate surface area is 257 Å². The van der Waals surface area contributed by atoms with Gasteiger partial charge in [0, 0.05) is 39.1 Å². The van der Waals surface area contributed by atoms with E-state index in [0.29, 0.717) is 0 Å². The lowest BCUT2D eigenvalue weighted by Gasteiger charge is -2.10. The van der Waals surface area contributed by atoms with Crippen molar-refractivity contribution >= 4 is 56.1 Å². The van der Waals surface area contributed by atoms with E-state index in [1.54, 1.807) is 0 Å². The van der Waals surface area contributed by atoms with Gasteiger partial charge in [0.2, 0.25) is 0 Å². The summed E-state index contributed by atoms with van der Waals surface area (Å²) in [7, 11) is 0. The third-order valence-electron chi connectivity index (χ3n) is 8.93. The molecule has 44 heavy (non-hydrogen) atoms. The largest absolute Gasteiger partial charge is 0.309 e. The molecule has 2 nitrogen and oxygen atoms in total. The van der Waals surface area contributed by atoms with Crippen LogP contribution in [-0.2, 0) is 0 Å². The number of hydrogen-bond acceptors (Lipinski definition) is 0. The van der Waals surface area contributed by atoms with E-state index in [0.717, 1.165) is 12.8 Å². The zero-order valence-electron chi connectivity index (χ0n) is 24.8. The molecule has 1 aliphatic rings. The van der Waals surface area contributed by atoms with Gasteiger partial charge in [-0.05, 0) is 72.5 Å². The van der Waals surface area contributed by atoms with Gasteiger partial charge < -0.3 is 9.13 Å². The SMILES string of the molecule is C=C/C=c1\c(=C/C)c2ccccc2n1C1=C=C(c2ccc3c(c2)c2ccccc2n3-c2cccc(-c3ccccc3)c2)CC1. The second-order valence-electron chi connectivity index (χ2n) is 11.4. The Morgan fingerprint density at radius 1 is 0.614 bits per heavy atom. The molecule has 1 aliphatic carbocycles. The average molecular weight is 565 g/mol. The maximum Gasteiger partial charge on any atom is 0.0662 e. The van der Waals surface area contributed by atoms with Crippen molar-refractivity contribution in [2.45, 2.75) is 19.8 Å². The van der Waals surface area contributed by atoms with Gasteiger partial charge in [0.05, 0.1) is 27.6 Å². The fourth-order valence-electron chi connectivity index (χ4n) is 6.98. The number of para-hydroxylation sites is 2. The molecule has 7 aromatic rings. The Kier molecular flexibility index (Phi) is 6.30. The second-order valence-corrected chi connectivity index (χ2v) is 11.4. The quantitative estimate of drug-likeness (QED) is 0.184. The lowest BCUT2D eigenvalue weighted by atomic mass is 10.0. The van der Waals surface area contributed by atoms with Gasteiger partial charge in [-0.15, -0.1) is 0 Å². The molecule has 0 saturated heterocycles. The lowest BCUT2D eigenvalue weighted by molar-refractivity contribution is 0.990. The lowest BCUT2D eigenvalue weighted by Crippen LogP contribution is -2.28. The predicted octanol–water partition coefficient (Wildman–Crippen LogP) is 9.49. The summed E-state index contributed by atoms with van der Waals surface area (Å²) < 4.78 is 4.78. The molecule has 2 heterocycles. The molecule has 0 radical (unpaired) electrons. The third-order valence-corrected chi connectivity index (χ3v) is 8.93. The number of hydrogen-bond donors (Lipinski definition) is 0. The van der Waals surface area contributed by atoms with Crippen molar-refractivity contribution in [2.75, 3.05) is 0 Å². The van der Waals surface area contributed by atoms with Gasteiger partial charge in [0.25, 0.3) is 0 Å². The van der Waals surface area contributed by atoms with Crippen molar-refractivity contribution in [1.29, 1.82) is 0 Å². The number of benzene rings is 5. The first-order chi connectivity index (χ1) is 21.7.